The maximum atomic E-state index is 13.9. The quantitative estimate of drug-likeness (QED) is 0.244. The second kappa shape index (κ2) is 12.9. The van der Waals surface area contributed by atoms with Gasteiger partial charge in [-0.05, 0) is 12.1 Å². The van der Waals surface area contributed by atoms with Crippen molar-refractivity contribution in [3.63, 3.8) is 0 Å². The van der Waals surface area contributed by atoms with Gasteiger partial charge in [-0.1, -0.05) is 40.8 Å². The van der Waals surface area contributed by atoms with Gasteiger partial charge in [-0.3, -0.25) is 0 Å². The average molecular weight is 635 g/mol. The molecule has 0 amide bonds. The first-order valence-corrected chi connectivity index (χ1v) is 14.7. The van der Waals surface area contributed by atoms with Gasteiger partial charge in [0.1, 0.15) is 47.2 Å². The lowest BCUT2D eigenvalue weighted by molar-refractivity contribution is -0.186. The zero-order chi connectivity index (χ0) is 31.0. The molecule has 0 unspecified atom stereocenters. The minimum absolute atomic E-state index is 0.0164. The highest BCUT2D eigenvalue weighted by atomic mass is 32.2. The maximum Gasteiger partial charge on any atom is 0.194 e. The van der Waals surface area contributed by atoms with Crippen molar-refractivity contribution in [1.29, 1.82) is 0 Å². The lowest BCUT2D eigenvalue weighted by Crippen LogP contribution is -2.56. The van der Waals surface area contributed by atoms with Crippen molar-refractivity contribution in [2.24, 2.45) is 0 Å². The van der Waals surface area contributed by atoms with Gasteiger partial charge in [0.15, 0.2) is 17.5 Å². The van der Waals surface area contributed by atoms with Crippen molar-refractivity contribution in [2.75, 3.05) is 26.9 Å². The second-order valence-corrected chi connectivity index (χ2v) is 11.8. The van der Waals surface area contributed by atoms with Gasteiger partial charge < -0.3 is 29.5 Å². The van der Waals surface area contributed by atoms with Crippen LogP contribution in [0.5, 0.6) is 0 Å². The third-order valence-electron chi connectivity index (χ3n) is 7.77. The fourth-order valence-corrected chi connectivity index (χ4v) is 6.93. The van der Waals surface area contributed by atoms with E-state index in [1.54, 1.807) is 10.9 Å². The summed E-state index contributed by atoms with van der Waals surface area (Å²) in [6.45, 7) is -0.179. The number of hydrogen-bond acceptors (Lipinski definition) is 11. The van der Waals surface area contributed by atoms with E-state index in [1.807, 2.05) is 30.3 Å². The Kier molecular flexibility index (Phi) is 9.00. The SMILES string of the molecule is CO[C@@H]1[C@@H](n2cc(-c3cc(F)c(F)c(F)c3)nn2)[C@@H](O)[C@@H](CO)O[C@H]1S[C@@H]1COC[C@H](n2cc(-c3ccccc3)nn2)[C@H]1O. The van der Waals surface area contributed by atoms with Gasteiger partial charge in [-0.25, -0.2) is 22.5 Å². The van der Waals surface area contributed by atoms with E-state index < -0.39 is 71.2 Å². The number of hydrogen-bond donors (Lipinski definition) is 3. The largest absolute Gasteiger partial charge is 0.394 e. The Balaban J connectivity index is 1.23. The molecule has 2 aliphatic rings. The molecule has 44 heavy (non-hydrogen) atoms. The summed E-state index contributed by atoms with van der Waals surface area (Å²) in [6, 6.07) is 9.54. The van der Waals surface area contributed by atoms with Crippen LogP contribution in [0.4, 0.5) is 13.2 Å². The molecular weight excluding hydrogens is 605 g/mol. The van der Waals surface area contributed by atoms with Crippen molar-refractivity contribution < 1.29 is 42.7 Å². The smallest absolute Gasteiger partial charge is 0.194 e. The number of rotatable bonds is 8. The highest BCUT2D eigenvalue weighted by Crippen LogP contribution is 2.41. The van der Waals surface area contributed by atoms with Crippen LogP contribution in [0.2, 0.25) is 0 Å². The Hall–Kier alpha value is -3.38. The lowest BCUT2D eigenvalue weighted by Gasteiger charge is -2.45. The van der Waals surface area contributed by atoms with Crippen LogP contribution in [-0.4, -0.2) is 107 Å². The van der Waals surface area contributed by atoms with Crippen LogP contribution in [0.3, 0.4) is 0 Å². The summed E-state index contributed by atoms with van der Waals surface area (Å²) in [7, 11) is 1.40. The number of benzene rings is 2. The molecule has 6 rings (SSSR count). The molecular formula is C28H29F3N6O6S. The van der Waals surface area contributed by atoms with E-state index in [4.69, 9.17) is 14.2 Å². The van der Waals surface area contributed by atoms with E-state index >= 15 is 0 Å². The summed E-state index contributed by atoms with van der Waals surface area (Å²) in [5, 5.41) is 48.5. The predicted molar refractivity (Wildman–Crippen MR) is 150 cm³/mol. The van der Waals surface area contributed by atoms with E-state index in [-0.39, 0.29) is 24.5 Å². The second-order valence-electron chi connectivity index (χ2n) is 10.5. The van der Waals surface area contributed by atoms with Crippen LogP contribution < -0.4 is 0 Å². The average Bonchev–Trinajstić information content (AvgIpc) is 3.72. The summed E-state index contributed by atoms with van der Waals surface area (Å²) in [5.41, 5.74) is 0.632. The number of nitrogens with zero attached hydrogens (tertiary/aromatic N) is 6. The van der Waals surface area contributed by atoms with Gasteiger partial charge in [0, 0.05) is 18.2 Å². The van der Waals surface area contributed by atoms with Crippen LogP contribution in [-0.2, 0) is 14.2 Å². The highest BCUT2D eigenvalue weighted by Gasteiger charge is 2.49. The summed E-state index contributed by atoms with van der Waals surface area (Å²) >= 11 is 1.20. The minimum atomic E-state index is -1.61. The van der Waals surface area contributed by atoms with Crippen molar-refractivity contribution in [3.8, 4) is 22.5 Å². The Morgan fingerprint density at radius 2 is 1.59 bits per heavy atom. The van der Waals surface area contributed by atoms with Gasteiger partial charge in [0.25, 0.3) is 0 Å². The Labute approximate surface area is 253 Å². The van der Waals surface area contributed by atoms with E-state index in [2.05, 4.69) is 20.6 Å². The first-order valence-electron chi connectivity index (χ1n) is 13.7. The van der Waals surface area contributed by atoms with E-state index in [9.17, 15) is 28.5 Å². The number of aliphatic hydroxyl groups is 3. The summed E-state index contributed by atoms with van der Waals surface area (Å²) in [4.78, 5) is 0. The molecule has 8 atom stereocenters. The zero-order valence-corrected chi connectivity index (χ0v) is 24.0. The van der Waals surface area contributed by atoms with Gasteiger partial charge in [-0.2, -0.15) is 0 Å². The molecule has 3 N–H and O–H groups in total. The fourth-order valence-electron chi connectivity index (χ4n) is 5.44. The summed E-state index contributed by atoms with van der Waals surface area (Å²) in [6.07, 6.45) is -1.17. The maximum absolute atomic E-state index is 13.9. The van der Waals surface area contributed by atoms with Crippen molar-refractivity contribution in [3.05, 3.63) is 72.3 Å². The van der Waals surface area contributed by atoms with Gasteiger partial charge in [-0.15, -0.1) is 22.0 Å². The Bertz CT molecular complexity index is 1560. The van der Waals surface area contributed by atoms with E-state index in [0.717, 1.165) is 17.7 Å². The molecule has 2 aromatic carbocycles. The normalized spacial score (nSPS) is 29.2. The molecule has 234 valence electrons. The number of methoxy groups -OCH3 is 1. The topological polar surface area (TPSA) is 150 Å². The number of thioether (sulfide) groups is 1. The number of aliphatic hydroxyl groups excluding tert-OH is 3. The highest BCUT2D eigenvalue weighted by molar-refractivity contribution is 8.00. The molecule has 2 fully saturated rings. The Morgan fingerprint density at radius 3 is 2.27 bits per heavy atom. The molecule has 0 spiro atoms. The summed E-state index contributed by atoms with van der Waals surface area (Å²) in [5.74, 6) is -4.38. The number of aromatic nitrogens is 6. The van der Waals surface area contributed by atoms with Gasteiger partial charge in [0.2, 0.25) is 0 Å². The standard InChI is InChI=1S/C28H29F3N6O6S/c1-41-27-24(37-10-19(33-35-37)15-7-16(29)23(31)17(30)8-15)26(40)21(11-38)43-28(27)44-22-13-42-12-20(25(22)39)36-9-18(32-34-36)14-5-3-2-4-6-14/h2-10,20-22,24-28,38-40H,11-13H2,1H3/t20-,21+,22+,24-,25+,26-,27+,28-/m0/s1. The van der Waals surface area contributed by atoms with Crippen LogP contribution in [0.25, 0.3) is 22.5 Å². The molecule has 2 saturated heterocycles. The van der Waals surface area contributed by atoms with Gasteiger partial charge in [0.05, 0.1) is 43.6 Å². The molecule has 2 aliphatic heterocycles. The molecule has 0 radical (unpaired) electrons. The van der Waals surface area contributed by atoms with E-state index in [1.165, 1.54) is 29.8 Å². The number of ether oxygens (including phenoxy) is 3. The molecule has 16 heteroatoms. The van der Waals surface area contributed by atoms with Crippen molar-refractivity contribution in [2.45, 2.75) is 47.2 Å². The third-order valence-corrected chi connectivity index (χ3v) is 9.18. The van der Waals surface area contributed by atoms with Crippen LogP contribution in [0, 0.1) is 17.5 Å². The van der Waals surface area contributed by atoms with Crippen LogP contribution >= 0.6 is 11.8 Å². The zero-order valence-electron chi connectivity index (χ0n) is 23.2. The fraction of sp³-hybridized carbons (Fsp3) is 0.429. The first kappa shape index (κ1) is 30.6. The van der Waals surface area contributed by atoms with E-state index in [0.29, 0.717) is 5.69 Å². The molecule has 0 saturated carbocycles. The molecule has 0 aliphatic carbocycles. The van der Waals surface area contributed by atoms with Crippen molar-refractivity contribution >= 4 is 11.8 Å². The molecule has 0 bridgehead atoms. The van der Waals surface area contributed by atoms with Crippen molar-refractivity contribution in [1.82, 2.24) is 30.0 Å². The first-order chi connectivity index (χ1) is 21.3. The molecule has 12 nitrogen and oxygen atoms in total. The predicted octanol–water partition coefficient (Wildman–Crippen LogP) is 1.99. The summed E-state index contributed by atoms with van der Waals surface area (Å²) < 4.78 is 61.7. The van der Waals surface area contributed by atoms with Gasteiger partial charge >= 0.3 is 0 Å². The van der Waals surface area contributed by atoms with Crippen LogP contribution in [0.15, 0.2) is 54.9 Å². The molecule has 4 aromatic rings. The lowest BCUT2D eigenvalue weighted by atomic mass is 9.97. The number of halogens is 3. The third kappa shape index (κ3) is 5.85. The Morgan fingerprint density at radius 1 is 0.932 bits per heavy atom. The minimum Gasteiger partial charge on any atom is -0.394 e. The molecule has 4 heterocycles. The van der Waals surface area contributed by atoms with Crippen LogP contribution in [0.1, 0.15) is 12.1 Å². The monoisotopic (exact) mass is 634 g/mol. The molecule has 2 aromatic heterocycles.